The fraction of sp³-hybridized carbons (Fsp3) is 0.357. The van der Waals surface area contributed by atoms with Crippen LogP contribution in [0.5, 0.6) is 0 Å². The van der Waals surface area contributed by atoms with Crippen molar-refractivity contribution in [2.75, 3.05) is 0 Å². The van der Waals surface area contributed by atoms with Crippen LogP contribution in [0.15, 0.2) is 24.4 Å². The number of carboxylic acid groups (broad SMARTS) is 1. The fourth-order valence-electron chi connectivity index (χ4n) is 2.06. The number of rotatable bonds is 4. The lowest BCUT2D eigenvalue weighted by Gasteiger charge is -2.07. The van der Waals surface area contributed by atoms with E-state index in [1.54, 1.807) is 0 Å². The van der Waals surface area contributed by atoms with Crippen molar-refractivity contribution >= 4 is 16.9 Å². The third-order valence-electron chi connectivity index (χ3n) is 3.22. The van der Waals surface area contributed by atoms with Crippen LogP contribution in [0.1, 0.15) is 30.9 Å². The number of hydrogen-bond acceptors (Lipinski definition) is 2. The minimum atomic E-state index is -0.969. The van der Waals surface area contributed by atoms with Crippen LogP contribution in [0.2, 0.25) is 0 Å². The van der Waals surface area contributed by atoms with E-state index in [2.05, 4.69) is 31.0 Å². The summed E-state index contributed by atoms with van der Waals surface area (Å²) in [7, 11) is 0. The van der Waals surface area contributed by atoms with Gasteiger partial charge in [-0.1, -0.05) is 26.0 Å². The van der Waals surface area contributed by atoms with Crippen molar-refractivity contribution in [2.24, 2.45) is 5.73 Å². The highest BCUT2D eigenvalue weighted by atomic mass is 16.4. The van der Waals surface area contributed by atoms with Gasteiger partial charge in [-0.05, 0) is 23.1 Å². The van der Waals surface area contributed by atoms with Gasteiger partial charge in [0.1, 0.15) is 6.04 Å². The van der Waals surface area contributed by atoms with Crippen molar-refractivity contribution in [3.05, 3.63) is 35.5 Å². The Morgan fingerprint density at radius 3 is 2.78 bits per heavy atom. The number of carbonyl (C=O) groups is 1. The first-order valence-corrected chi connectivity index (χ1v) is 6.07. The van der Waals surface area contributed by atoms with E-state index in [0.717, 1.165) is 16.5 Å². The molecule has 1 heterocycles. The summed E-state index contributed by atoms with van der Waals surface area (Å²) in [6.45, 7) is 4.29. The summed E-state index contributed by atoms with van der Waals surface area (Å²) in [6, 6.07) is 5.37. The van der Waals surface area contributed by atoms with Gasteiger partial charge in [0.15, 0.2) is 0 Å². The average Bonchev–Trinajstić information content (AvgIpc) is 2.71. The van der Waals surface area contributed by atoms with Gasteiger partial charge in [0, 0.05) is 23.5 Å². The van der Waals surface area contributed by atoms with Gasteiger partial charge in [-0.2, -0.15) is 0 Å². The van der Waals surface area contributed by atoms with Gasteiger partial charge in [-0.15, -0.1) is 0 Å². The van der Waals surface area contributed by atoms with Crippen molar-refractivity contribution in [3.8, 4) is 0 Å². The van der Waals surface area contributed by atoms with Gasteiger partial charge in [-0.25, -0.2) is 0 Å². The third-order valence-corrected chi connectivity index (χ3v) is 3.22. The maximum absolute atomic E-state index is 10.8. The van der Waals surface area contributed by atoms with Crippen molar-refractivity contribution in [1.82, 2.24) is 4.98 Å². The molecular formula is C14H18N2O2. The monoisotopic (exact) mass is 246 g/mol. The molecule has 0 spiro atoms. The van der Waals surface area contributed by atoms with Crippen molar-refractivity contribution < 1.29 is 9.90 Å². The predicted octanol–water partition coefficient (Wildman–Crippen LogP) is 2.25. The molecule has 4 heteroatoms. The normalized spacial score (nSPS) is 13.1. The Morgan fingerprint density at radius 2 is 2.17 bits per heavy atom. The van der Waals surface area contributed by atoms with Crippen LogP contribution in [0, 0.1) is 0 Å². The molecule has 1 unspecified atom stereocenters. The molecule has 0 radical (unpaired) electrons. The molecule has 1 aromatic heterocycles. The molecule has 0 saturated carbocycles. The van der Waals surface area contributed by atoms with Crippen molar-refractivity contribution in [3.63, 3.8) is 0 Å². The number of carboxylic acids is 1. The lowest BCUT2D eigenvalue weighted by atomic mass is 10.00. The lowest BCUT2D eigenvalue weighted by Crippen LogP contribution is -2.32. The second-order valence-electron chi connectivity index (χ2n) is 4.92. The van der Waals surface area contributed by atoms with Crippen LogP contribution in [-0.2, 0) is 11.2 Å². The van der Waals surface area contributed by atoms with Crippen molar-refractivity contribution in [2.45, 2.75) is 32.2 Å². The average molecular weight is 246 g/mol. The van der Waals surface area contributed by atoms with Gasteiger partial charge >= 0.3 is 5.97 Å². The van der Waals surface area contributed by atoms with Crippen molar-refractivity contribution in [1.29, 1.82) is 0 Å². The highest BCUT2D eigenvalue weighted by molar-refractivity contribution is 5.85. The van der Waals surface area contributed by atoms with E-state index >= 15 is 0 Å². The van der Waals surface area contributed by atoms with Crippen LogP contribution in [0.3, 0.4) is 0 Å². The molecule has 2 aromatic rings. The van der Waals surface area contributed by atoms with Gasteiger partial charge < -0.3 is 15.8 Å². The Labute approximate surface area is 106 Å². The first-order valence-electron chi connectivity index (χ1n) is 6.07. The molecule has 4 nitrogen and oxygen atoms in total. The van der Waals surface area contributed by atoms with Crippen LogP contribution < -0.4 is 5.73 Å². The van der Waals surface area contributed by atoms with Gasteiger partial charge in [0.2, 0.25) is 0 Å². The van der Waals surface area contributed by atoms with Crippen LogP contribution in [0.4, 0.5) is 0 Å². The molecule has 1 atom stereocenters. The molecule has 2 rings (SSSR count). The van der Waals surface area contributed by atoms with Gasteiger partial charge in [0.05, 0.1) is 0 Å². The van der Waals surface area contributed by atoms with Crippen LogP contribution in [-0.4, -0.2) is 22.1 Å². The van der Waals surface area contributed by atoms with Crippen LogP contribution >= 0.6 is 0 Å². The predicted molar refractivity (Wildman–Crippen MR) is 71.7 cm³/mol. The second kappa shape index (κ2) is 4.82. The van der Waals surface area contributed by atoms with E-state index in [1.165, 1.54) is 5.56 Å². The molecule has 0 bridgehead atoms. The maximum Gasteiger partial charge on any atom is 0.320 e. The summed E-state index contributed by atoms with van der Waals surface area (Å²) < 4.78 is 0. The largest absolute Gasteiger partial charge is 0.480 e. The minimum Gasteiger partial charge on any atom is -0.480 e. The fourth-order valence-corrected chi connectivity index (χ4v) is 2.06. The summed E-state index contributed by atoms with van der Waals surface area (Å²) in [6.07, 6.45) is 2.19. The van der Waals surface area contributed by atoms with E-state index in [1.807, 2.05) is 12.3 Å². The Bertz CT molecular complexity index is 572. The number of fused-ring (bicyclic) bond motifs is 1. The number of H-pyrrole nitrogens is 1. The zero-order valence-electron chi connectivity index (χ0n) is 10.6. The Morgan fingerprint density at radius 1 is 1.44 bits per heavy atom. The zero-order valence-corrected chi connectivity index (χ0v) is 10.6. The van der Waals surface area contributed by atoms with E-state index in [9.17, 15) is 4.79 Å². The molecule has 18 heavy (non-hydrogen) atoms. The molecule has 96 valence electrons. The molecule has 0 saturated heterocycles. The highest BCUT2D eigenvalue weighted by Gasteiger charge is 2.15. The number of aliphatic carboxylic acids is 1. The number of nitrogens with one attached hydrogen (secondary N) is 1. The third kappa shape index (κ3) is 2.38. The molecular weight excluding hydrogens is 228 g/mol. The summed E-state index contributed by atoms with van der Waals surface area (Å²) in [4.78, 5) is 13.9. The Hall–Kier alpha value is -1.81. The maximum atomic E-state index is 10.8. The SMILES string of the molecule is CC(C)c1ccc2c(CC(N)C(=O)O)c[nH]c2c1. The Kier molecular flexibility index (Phi) is 3.39. The molecule has 0 fully saturated rings. The molecule has 0 aliphatic carbocycles. The summed E-state index contributed by atoms with van der Waals surface area (Å²) in [5.41, 5.74) is 8.82. The Balaban J connectivity index is 2.34. The number of benzene rings is 1. The molecule has 1 aromatic carbocycles. The number of nitrogens with two attached hydrogens (primary N) is 1. The van der Waals surface area contributed by atoms with Gasteiger partial charge in [-0.3, -0.25) is 4.79 Å². The number of aromatic nitrogens is 1. The first-order chi connectivity index (χ1) is 8.49. The van der Waals surface area contributed by atoms with Crippen LogP contribution in [0.25, 0.3) is 10.9 Å². The minimum absolute atomic E-state index is 0.344. The second-order valence-corrected chi connectivity index (χ2v) is 4.92. The highest BCUT2D eigenvalue weighted by Crippen LogP contribution is 2.24. The molecule has 0 aliphatic heterocycles. The van der Waals surface area contributed by atoms with E-state index in [0.29, 0.717) is 12.3 Å². The topological polar surface area (TPSA) is 79.1 Å². The molecule has 0 amide bonds. The quantitative estimate of drug-likeness (QED) is 0.774. The van der Waals surface area contributed by atoms with E-state index in [4.69, 9.17) is 10.8 Å². The summed E-state index contributed by atoms with van der Waals surface area (Å²) in [5.74, 6) is -0.495. The van der Waals surface area contributed by atoms with E-state index in [-0.39, 0.29) is 0 Å². The molecule has 0 aliphatic rings. The number of aromatic amines is 1. The van der Waals surface area contributed by atoms with Gasteiger partial charge in [0.25, 0.3) is 0 Å². The smallest absolute Gasteiger partial charge is 0.320 e. The standard InChI is InChI=1S/C14H18N2O2/c1-8(2)9-3-4-11-10(5-12(15)14(17)18)7-16-13(11)6-9/h3-4,6-8,12,16H,5,15H2,1-2H3,(H,17,18). The lowest BCUT2D eigenvalue weighted by molar-refractivity contribution is -0.138. The first kappa shape index (κ1) is 12.6. The number of hydrogen-bond donors (Lipinski definition) is 3. The summed E-state index contributed by atoms with van der Waals surface area (Å²) >= 11 is 0. The summed E-state index contributed by atoms with van der Waals surface area (Å²) in [5, 5.41) is 9.89. The molecule has 4 N–H and O–H groups in total. The zero-order chi connectivity index (χ0) is 13.3. The van der Waals surface area contributed by atoms with E-state index < -0.39 is 12.0 Å².